The highest BCUT2D eigenvalue weighted by atomic mass is 79.9. The molecule has 0 spiro atoms. The molecule has 1 aromatic rings. The van der Waals surface area contributed by atoms with Gasteiger partial charge in [0.1, 0.15) is 0 Å². The van der Waals surface area contributed by atoms with Gasteiger partial charge in [-0.2, -0.15) is 0 Å². The zero-order valence-corrected chi connectivity index (χ0v) is 11.1. The molecular weight excluding hydrogens is 309 g/mol. The Morgan fingerprint density at radius 1 is 1.35 bits per heavy atom. The van der Waals surface area contributed by atoms with Crippen LogP contribution in [0.1, 0.15) is 10.4 Å². The first-order valence-electron chi connectivity index (χ1n) is 5.10. The fraction of sp³-hybridized carbons (Fsp3) is 0.364. The van der Waals surface area contributed by atoms with Crippen LogP contribution >= 0.6 is 27.5 Å². The molecule has 0 saturated carbocycles. The van der Waals surface area contributed by atoms with Crippen molar-refractivity contribution in [1.29, 1.82) is 0 Å². The number of hydrogen-bond acceptors (Lipinski definition) is 3. The van der Waals surface area contributed by atoms with Crippen LogP contribution in [0.5, 0.6) is 0 Å². The van der Waals surface area contributed by atoms with Crippen molar-refractivity contribution in [3.05, 3.63) is 33.3 Å². The van der Waals surface area contributed by atoms with Crippen molar-refractivity contribution in [2.45, 2.75) is 12.2 Å². The lowest BCUT2D eigenvalue weighted by Crippen LogP contribution is -2.30. The molecule has 1 aliphatic rings. The molecule has 0 bridgehead atoms. The Bertz CT molecular complexity index is 444. The number of amides is 1. The van der Waals surface area contributed by atoms with Crippen LogP contribution in [0, 0.1) is 0 Å². The van der Waals surface area contributed by atoms with E-state index in [1.807, 2.05) is 0 Å². The summed E-state index contributed by atoms with van der Waals surface area (Å²) >= 11 is 9.27. The van der Waals surface area contributed by atoms with E-state index in [0.717, 1.165) is 0 Å². The van der Waals surface area contributed by atoms with E-state index < -0.39 is 12.2 Å². The van der Waals surface area contributed by atoms with E-state index in [0.29, 0.717) is 15.1 Å². The first kappa shape index (κ1) is 12.8. The smallest absolute Gasteiger partial charge is 0.255 e. The number of carbonyl (C=O) groups is 1. The van der Waals surface area contributed by atoms with Crippen LogP contribution in [0.2, 0.25) is 5.02 Å². The van der Waals surface area contributed by atoms with Gasteiger partial charge < -0.3 is 15.1 Å². The van der Waals surface area contributed by atoms with Crippen LogP contribution in [0.25, 0.3) is 0 Å². The number of β-amino-alcohol motifs (C(OH)–C–C–N with tert-alkyl or cyclic N) is 2. The number of hydrogen-bond donors (Lipinski definition) is 2. The van der Waals surface area contributed by atoms with E-state index in [4.69, 9.17) is 11.6 Å². The predicted octanol–water partition coefficient (Wildman–Crippen LogP) is 1.28. The van der Waals surface area contributed by atoms with Gasteiger partial charge in [0, 0.05) is 17.6 Å². The third-order valence-corrected chi connectivity index (χ3v) is 4.02. The molecule has 2 atom stereocenters. The standard InChI is InChI=1S/C11H11BrClNO3/c12-7-3-1-2-6(10(7)13)11(17)14-4-8(15)9(16)5-14/h1-3,8-9,15-16H,4-5H2. The van der Waals surface area contributed by atoms with Gasteiger partial charge in [-0.1, -0.05) is 17.7 Å². The van der Waals surface area contributed by atoms with Crippen molar-refractivity contribution in [2.24, 2.45) is 0 Å². The second-order valence-electron chi connectivity index (χ2n) is 3.95. The Kier molecular flexibility index (Phi) is 3.73. The lowest BCUT2D eigenvalue weighted by molar-refractivity contribution is 0.0572. The van der Waals surface area contributed by atoms with Crippen LogP contribution in [0.4, 0.5) is 0 Å². The molecule has 1 aliphatic heterocycles. The number of rotatable bonds is 1. The highest BCUT2D eigenvalue weighted by molar-refractivity contribution is 9.10. The summed E-state index contributed by atoms with van der Waals surface area (Å²) in [7, 11) is 0. The minimum Gasteiger partial charge on any atom is -0.388 e. The van der Waals surface area contributed by atoms with Crippen molar-refractivity contribution in [1.82, 2.24) is 4.90 Å². The Hall–Kier alpha value is -0.620. The second-order valence-corrected chi connectivity index (χ2v) is 5.18. The molecule has 6 heteroatoms. The minimum absolute atomic E-state index is 0.128. The van der Waals surface area contributed by atoms with E-state index in [-0.39, 0.29) is 19.0 Å². The maximum Gasteiger partial charge on any atom is 0.255 e. The lowest BCUT2D eigenvalue weighted by atomic mass is 10.2. The van der Waals surface area contributed by atoms with Gasteiger partial charge in [-0.3, -0.25) is 4.79 Å². The number of aliphatic hydroxyl groups is 2. The molecule has 2 N–H and O–H groups in total. The largest absolute Gasteiger partial charge is 0.388 e. The van der Waals surface area contributed by atoms with Crippen molar-refractivity contribution >= 4 is 33.4 Å². The molecule has 1 aromatic carbocycles. The zero-order valence-electron chi connectivity index (χ0n) is 8.81. The fourth-order valence-corrected chi connectivity index (χ4v) is 2.35. The molecule has 92 valence electrons. The molecule has 2 unspecified atom stereocenters. The SMILES string of the molecule is O=C(c1cccc(Br)c1Cl)N1CC(O)C(O)C1. The van der Waals surface area contributed by atoms with Gasteiger partial charge >= 0.3 is 0 Å². The molecule has 0 aromatic heterocycles. The molecule has 1 fully saturated rings. The number of carbonyl (C=O) groups excluding carboxylic acids is 1. The second kappa shape index (κ2) is 4.94. The van der Waals surface area contributed by atoms with Gasteiger partial charge in [-0.05, 0) is 28.1 Å². The van der Waals surface area contributed by atoms with Crippen molar-refractivity contribution < 1.29 is 15.0 Å². The third-order valence-electron chi connectivity index (χ3n) is 2.73. The third kappa shape index (κ3) is 2.47. The van der Waals surface area contributed by atoms with E-state index in [1.54, 1.807) is 18.2 Å². The van der Waals surface area contributed by atoms with Gasteiger partial charge in [-0.25, -0.2) is 0 Å². The van der Waals surface area contributed by atoms with Crippen LogP contribution in [-0.2, 0) is 0 Å². The maximum atomic E-state index is 12.1. The summed E-state index contributed by atoms with van der Waals surface area (Å²) in [5.74, 6) is -0.285. The quantitative estimate of drug-likeness (QED) is 0.819. The summed E-state index contributed by atoms with van der Waals surface area (Å²) in [5, 5.41) is 19.1. The Balaban J connectivity index is 2.24. The number of likely N-dealkylation sites (tertiary alicyclic amines) is 1. The van der Waals surface area contributed by atoms with E-state index in [9.17, 15) is 15.0 Å². The van der Waals surface area contributed by atoms with Crippen LogP contribution in [-0.4, -0.2) is 46.3 Å². The topological polar surface area (TPSA) is 60.8 Å². The summed E-state index contributed by atoms with van der Waals surface area (Å²) in [6, 6.07) is 5.07. The Labute approximate surface area is 112 Å². The number of aliphatic hydroxyl groups excluding tert-OH is 2. The van der Waals surface area contributed by atoms with Gasteiger partial charge in [0.05, 0.1) is 22.8 Å². The van der Waals surface area contributed by atoms with Crippen LogP contribution in [0.15, 0.2) is 22.7 Å². The fourth-order valence-electron chi connectivity index (χ4n) is 1.77. The molecule has 1 amide bonds. The minimum atomic E-state index is -0.884. The lowest BCUT2D eigenvalue weighted by Gasteiger charge is -2.16. The van der Waals surface area contributed by atoms with Crippen molar-refractivity contribution in [2.75, 3.05) is 13.1 Å². The van der Waals surface area contributed by atoms with Crippen LogP contribution in [0.3, 0.4) is 0 Å². The van der Waals surface area contributed by atoms with Gasteiger partial charge in [0.2, 0.25) is 0 Å². The van der Waals surface area contributed by atoms with Gasteiger partial charge in [0.25, 0.3) is 5.91 Å². The zero-order chi connectivity index (χ0) is 12.6. The molecule has 0 radical (unpaired) electrons. The number of halogens is 2. The van der Waals surface area contributed by atoms with Gasteiger partial charge in [-0.15, -0.1) is 0 Å². The molecule has 17 heavy (non-hydrogen) atoms. The highest BCUT2D eigenvalue weighted by Crippen LogP contribution is 2.27. The molecule has 1 saturated heterocycles. The molecular formula is C11H11BrClNO3. The summed E-state index contributed by atoms with van der Waals surface area (Å²) in [5.41, 5.74) is 0.363. The normalized spacial score (nSPS) is 24.1. The summed E-state index contributed by atoms with van der Waals surface area (Å²) in [6.45, 7) is 0.256. The Morgan fingerprint density at radius 2 is 1.94 bits per heavy atom. The highest BCUT2D eigenvalue weighted by Gasteiger charge is 2.33. The first-order chi connectivity index (χ1) is 8.00. The number of nitrogens with zero attached hydrogens (tertiary/aromatic N) is 1. The maximum absolute atomic E-state index is 12.1. The number of benzene rings is 1. The Morgan fingerprint density at radius 3 is 2.53 bits per heavy atom. The molecule has 4 nitrogen and oxygen atoms in total. The van der Waals surface area contributed by atoms with E-state index >= 15 is 0 Å². The van der Waals surface area contributed by atoms with E-state index in [2.05, 4.69) is 15.9 Å². The van der Waals surface area contributed by atoms with Gasteiger partial charge in [0.15, 0.2) is 0 Å². The summed E-state index contributed by atoms with van der Waals surface area (Å²) < 4.78 is 0.644. The summed E-state index contributed by atoms with van der Waals surface area (Å²) in [4.78, 5) is 13.5. The average Bonchev–Trinajstić information content (AvgIpc) is 2.62. The van der Waals surface area contributed by atoms with Crippen molar-refractivity contribution in [3.63, 3.8) is 0 Å². The van der Waals surface area contributed by atoms with Crippen molar-refractivity contribution in [3.8, 4) is 0 Å². The first-order valence-corrected chi connectivity index (χ1v) is 6.27. The average molecular weight is 321 g/mol. The molecule has 0 aliphatic carbocycles. The predicted molar refractivity (Wildman–Crippen MR) is 67.1 cm³/mol. The summed E-state index contributed by atoms with van der Waals surface area (Å²) in [6.07, 6.45) is -1.77. The molecule has 2 rings (SSSR count). The van der Waals surface area contributed by atoms with Crippen LogP contribution < -0.4 is 0 Å². The van der Waals surface area contributed by atoms with E-state index in [1.165, 1.54) is 4.90 Å². The monoisotopic (exact) mass is 319 g/mol. The molecule has 1 heterocycles.